The summed E-state index contributed by atoms with van der Waals surface area (Å²) in [5.74, 6) is -1.72. The lowest BCUT2D eigenvalue weighted by molar-refractivity contribution is -0.149. The molecule has 2 N–H and O–H groups in total. The molecule has 4 amide bonds. The van der Waals surface area contributed by atoms with E-state index >= 15 is 14.2 Å². The summed E-state index contributed by atoms with van der Waals surface area (Å²) < 4.78 is 67.4. The molecule has 2 saturated heterocycles. The first kappa shape index (κ1) is 82.2. The van der Waals surface area contributed by atoms with Gasteiger partial charge in [-0.2, -0.15) is 10.2 Å². The fraction of sp³-hybridized carbons (Fsp3) is 0.476. The summed E-state index contributed by atoms with van der Waals surface area (Å²) in [6.07, 6.45) is 12.3. The molecular formula is C84H106N11O13P. The van der Waals surface area contributed by atoms with Gasteiger partial charge in [0.2, 0.25) is 11.8 Å². The van der Waals surface area contributed by atoms with Gasteiger partial charge in [-0.1, -0.05) is 209 Å². The van der Waals surface area contributed by atoms with Crippen LogP contribution < -0.4 is 25.8 Å². The first-order valence-electron chi connectivity index (χ1n) is 38.4. The van der Waals surface area contributed by atoms with Crippen molar-refractivity contribution in [2.45, 2.75) is 204 Å². The molecule has 2 fully saturated rings. The zero-order valence-electron chi connectivity index (χ0n) is 64.3. The lowest BCUT2D eigenvalue weighted by Crippen LogP contribution is -2.53. The molecule has 5 aromatic carbocycles. The number of ether oxygens (including phenoxy) is 7. The lowest BCUT2D eigenvalue weighted by Gasteiger charge is -2.44. The van der Waals surface area contributed by atoms with Crippen LogP contribution in [-0.2, 0) is 43.4 Å². The van der Waals surface area contributed by atoms with Crippen LogP contribution in [0, 0.1) is 17.2 Å². The van der Waals surface area contributed by atoms with Gasteiger partial charge in [0.05, 0.1) is 58.0 Å². The Morgan fingerprint density at radius 3 is 1.65 bits per heavy atom. The molecule has 8 aromatic rings. The number of nitrogens with zero attached hydrogens (tertiary/aromatic N) is 9. The van der Waals surface area contributed by atoms with E-state index < -0.39 is 115 Å². The molecule has 0 spiro atoms. The van der Waals surface area contributed by atoms with Crippen molar-refractivity contribution in [3.05, 3.63) is 203 Å². The lowest BCUT2D eigenvalue weighted by atomic mass is 9.79. The van der Waals surface area contributed by atoms with Gasteiger partial charge in [-0.3, -0.25) is 33.2 Å². The normalized spacial score (nSPS) is 18.6. The van der Waals surface area contributed by atoms with E-state index in [-0.39, 0.29) is 48.8 Å². The number of nitriles is 1. The molecule has 3 aromatic heterocycles. The number of hydrogen-bond donors (Lipinski definition) is 2. The molecular weight excluding hydrogens is 1400 g/mol. The maximum atomic E-state index is 16.5. The summed E-state index contributed by atoms with van der Waals surface area (Å²) in [5.41, 5.74) is 0.243. The molecule has 0 saturated carbocycles. The Morgan fingerprint density at radius 1 is 0.615 bits per heavy atom. The minimum atomic E-state index is -3.56. The average molecular weight is 1510 g/mol. The third-order valence-corrected chi connectivity index (χ3v) is 25.3. The van der Waals surface area contributed by atoms with Crippen molar-refractivity contribution < 1.29 is 56.9 Å². The fourth-order valence-corrected chi connectivity index (χ4v) is 18.8. The van der Waals surface area contributed by atoms with Gasteiger partial charge in [-0.25, -0.2) is 24.4 Å². The zero-order valence-corrected chi connectivity index (χ0v) is 65.2. The maximum absolute atomic E-state index is 16.5. The molecule has 580 valence electrons. The van der Waals surface area contributed by atoms with E-state index in [4.69, 9.17) is 38.1 Å². The van der Waals surface area contributed by atoms with Crippen molar-refractivity contribution >= 4 is 53.7 Å². The zero-order chi connectivity index (χ0) is 77.5. The van der Waals surface area contributed by atoms with Crippen LogP contribution in [-0.4, -0.2) is 152 Å². The third kappa shape index (κ3) is 19.6. The Bertz CT molecular complexity index is 4330. The van der Waals surface area contributed by atoms with Crippen molar-refractivity contribution in [3.8, 4) is 17.6 Å². The van der Waals surface area contributed by atoms with Crippen LogP contribution >= 0.6 is 7.29 Å². The van der Waals surface area contributed by atoms with Crippen LogP contribution in [0.5, 0.6) is 11.5 Å². The highest BCUT2D eigenvalue weighted by molar-refractivity contribution is 7.62. The molecule has 24 nitrogen and oxygen atoms in total. The number of rotatable bonds is 41. The van der Waals surface area contributed by atoms with Gasteiger partial charge >= 0.3 is 5.69 Å². The molecule has 25 heteroatoms. The quantitative estimate of drug-likeness (QED) is 0.0204. The number of methoxy groups -OCH3 is 4. The summed E-state index contributed by atoms with van der Waals surface area (Å²) in [6.45, 7) is 9.14. The van der Waals surface area contributed by atoms with Gasteiger partial charge < -0.3 is 48.4 Å². The van der Waals surface area contributed by atoms with E-state index in [1.807, 2.05) is 117 Å². The molecule has 0 unspecified atom stereocenters. The van der Waals surface area contributed by atoms with Gasteiger partial charge in [0, 0.05) is 74.6 Å². The largest absolute Gasteiger partial charge is 0.497 e. The van der Waals surface area contributed by atoms with E-state index in [2.05, 4.69) is 38.6 Å². The van der Waals surface area contributed by atoms with Crippen molar-refractivity contribution in [3.63, 3.8) is 0 Å². The number of anilines is 2. The van der Waals surface area contributed by atoms with Gasteiger partial charge in [0.1, 0.15) is 41.5 Å². The second-order valence-corrected chi connectivity index (χ2v) is 32.5. The number of amides is 4. The predicted molar refractivity (Wildman–Crippen MR) is 419 cm³/mol. The number of imidazole rings is 1. The average Bonchev–Trinajstić information content (AvgIpc) is 1.69. The highest BCUT2D eigenvalue weighted by Crippen LogP contribution is 2.61. The summed E-state index contributed by atoms with van der Waals surface area (Å²) in [5, 5.41) is 16.0. The first-order valence-corrected chi connectivity index (χ1v) is 40.1. The number of nitrogens with one attached hydrogen (secondary N) is 2. The number of hydrogen-bond acceptors (Lipinski definition) is 18. The second-order valence-electron chi connectivity index (χ2n) is 28.6. The monoisotopic (exact) mass is 1510 g/mol. The Hall–Kier alpha value is -9.31. The number of benzene rings is 5. The summed E-state index contributed by atoms with van der Waals surface area (Å²) in [4.78, 5) is 93.5. The smallest absolute Gasteiger partial charge is 0.351 e. The van der Waals surface area contributed by atoms with E-state index in [0.29, 0.717) is 40.2 Å². The molecule has 2 aliphatic rings. The summed E-state index contributed by atoms with van der Waals surface area (Å²) in [7, 11) is 2.58. The number of imide groups is 1. The van der Waals surface area contributed by atoms with Gasteiger partial charge in [0.25, 0.3) is 11.8 Å². The number of carbonyl (C=O) groups excluding carboxylic acids is 4. The van der Waals surface area contributed by atoms with Gasteiger partial charge in [0.15, 0.2) is 36.7 Å². The maximum Gasteiger partial charge on any atom is 0.351 e. The SMILES string of the molecule is CCCCCCCCCCCCCCCCC(=O)N(C[C@H]1O[C@@H](n2cnc3c(NC(=O)c4ccccc4)ncnc32)[C@H](OC)[C@@H]1N(CCC#N)P(=O)(C(C)C)C(C)C)C(=O)C[C@H]1[C@@H](OC)[C@H](n2ccc(NC(=O)c3ccccc3)nc2=O)O[C@@H]1COC(c1ccccc1)(c1ccc(OC)cc1)c1ccc(OC)cc1. The van der Waals surface area contributed by atoms with Crippen LogP contribution in [0.3, 0.4) is 0 Å². The van der Waals surface area contributed by atoms with Crippen molar-refractivity contribution in [2.75, 3.05) is 58.8 Å². The van der Waals surface area contributed by atoms with E-state index in [1.54, 1.807) is 73.4 Å². The van der Waals surface area contributed by atoms with Gasteiger partial charge in [-0.05, 0) is 77.7 Å². The van der Waals surface area contributed by atoms with Crippen LogP contribution in [0.2, 0.25) is 0 Å². The number of fused-ring (bicyclic) bond motifs is 1. The number of aromatic nitrogens is 6. The molecule has 10 rings (SSSR count). The first-order chi connectivity index (χ1) is 52.9. The Labute approximate surface area is 640 Å². The molecule has 109 heavy (non-hydrogen) atoms. The third-order valence-electron chi connectivity index (χ3n) is 21.1. The highest BCUT2D eigenvalue weighted by atomic mass is 31.2. The summed E-state index contributed by atoms with van der Waals surface area (Å²) >= 11 is 0. The van der Waals surface area contributed by atoms with Crippen molar-refractivity contribution in [1.82, 2.24) is 38.6 Å². The molecule has 5 heterocycles. The molecule has 0 bridgehead atoms. The van der Waals surface area contributed by atoms with Crippen LogP contribution in [0.25, 0.3) is 11.2 Å². The van der Waals surface area contributed by atoms with Gasteiger partial charge in [-0.15, -0.1) is 0 Å². The van der Waals surface area contributed by atoms with Crippen LogP contribution in [0.15, 0.2) is 169 Å². The molecule has 0 radical (unpaired) electrons. The van der Waals surface area contributed by atoms with Crippen molar-refractivity contribution in [2.24, 2.45) is 5.92 Å². The molecule has 2 aliphatic heterocycles. The molecule has 8 atom stereocenters. The topological polar surface area (TPSA) is 283 Å². The predicted octanol–water partition coefficient (Wildman–Crippen LogP) is 15.4. The minimum Gasteiger partial charge on any atom is -0.497 e. The Kier molecular flexibility index (Phi) is 30.1. The van der Waals surface area contributed by atoms with Crippen LogP contribution in [0.1, 0.15) is 194 Å². The highest BCUT2D eigenvalue weighted by Gasteiger charge is 2.56. The van der Waals surface area contributed by atoms with E-state index in [9.17, 15) is 19.6 Å². The fourth-order valence-electron chi connectivity index (χ4n) is 15.4. The van der Waals surface area contributed by atoms with Crippen molar-refractivity contribution in [1.29, 1.82) is 5.26 Å². The standard InChI is InChI=1S/C84H106N11O13P/c1-10-11-12-13-14-15-16-17-18-19-20-21-22-32-40-71(96)93(54-68-74(95(51-33-50-85)109(101,58(2)3)59(4)5)76(105-9)82(107-68)94-57-88-73-77(86-56-87-78(73)94)91-80(99)61-36-28-24-29-37-61)72(97)53-67-69(108-81(75(67)104-8)92-52-49-70(90-83(92)100)89-79(98)60-34-26-23-27-35-60)55-106-84(62-38-30-25-31-39-62,63-41-45-65(102-6)46-42-63)64-43-47-66(103-7)48-44-64/h23-31,34-39,41-49,52,56-59,67-69,74-76,81-82H,10-22,32-33,40,51,53-55H2,1-9H3,(H,86,87,91,99)(H,89,90,98,100)/t67-,68-,69-,74-,75-,76-,81-,82-/m1/s1. The Morgan fingerprint density at radius 2 is 1.13 bits per heavy atom. The number of unbranched alkanes of at least 4 members (excludes halogenated alkanes) is 13. The summed E-state index contributed by atoms with van der Waals surface area (Å²) in [6, 6.07) is 44.7. The van der Waals surface area contributed by atoms with Crippen LogP contribution in [0.4, 0.5) is 11.6 Å². The molecule has 0 aliphatic carbocycles. The van der Waals surface area contributed by atoms with E-state index in [1.165, 1.54) is 100.0 Å². The van der Waals surface area contributed by atoms with E-state index in [0.717, 1.165) is 37.7 Å². The second kappa shape index (κ2) is 39.9. The Balaban J connectivity index is 1.05. The minimum absolute atomic E-state index is 0.00875. The number of carbonyl (C=O) groups is 4.